The highest BCUT2D eigenvalue weighted by Gasteiger charge is 2.62. The summed E-state index contributed by atoms with van der Waals surface area (Å²) in [5.74, 6) is 2.22. The Balaban J connectivity index is 1.15. The van der Waals surface area contributed by atoms with Crippen LogP contribution in [0.5, 0.6) is 0 Å². The minimum absolute atomic E-state index is 0.0727. The smallest absolute Gasteiger partial charge is 0.186 e. The fraction of sp³-hybridized carbons (Fsp3) is 0.941. The van der Waals surface area contributed by atoms with Crippen LogP contribution in [0.2, 0.25) is 0 Å². The molecule has 3 saturated carbocycles. The first-order valence-electron chi connectivity index (χ1n) is 17.0. The zero-order valence-corrected chi connectivity index (χ0v) is 26.8. The van der Waals surface area contributed by atoms with Crippen LogP contribution in [0.3, 0.4) is 0 Å². The van der Waals surface area contributed by atoms with Crippen molar-refractivity contribution in [3.8, 4) is 0 Å². The number of hydrogen-bond acceptors (Lipinski definition) is 9. The van der Waals surface area contributed by atoms with E-state index in [9.17, 15) is 30.6 Å². The number of ether oxygens (including phenoxy) is 2. The van der Waals surface area contributed by atoms with Gasteiger partial charge in [0.15, 0.2) is 6.29 Å². The van der Waals surface area contributed by atoms with Gasteiger partial charge in [-0.25, -0.2) is 0 Å². The number of allylic oxidation sites excluding steroid dienone is 1. The molecule has 0 aromatic heterocycles. The highest BCUT2D eigenvalue weighted by atomic mass is 16.7. The molecule has 9 heteroatoms. The number of aliphatic hydroxyl groups is 6. The summed E-state index contributed by atoms with van der Waals surface area (Å²) in [5, 5.41) is 62.7. The average molecular weight is 608 g/mol. The van der Waals surface area contributed by atoms with E-state index in [-0.39, 0.29) is 29.0 Å². The Morgan fingerprint density at radius 1 is 1.00 bits per heavy atom. The van der Waals surface area contributed by atoms with Gasteiger partial charge in [0, 0.05) is 12.6 Å². The van der Waals surface area contributed by atoms with Crippen LogP contribution in [-0.2, 0) is 9.47 Å². The molecule has 2 heterocycles. The predicted molar refractivity (Wildman–Crippen MR) is 161 cm³/mol. The van der Waals surface area contributed by atoms with Gasteiger partial charge in [0.2, 0.25) is 0 Å². The van der Waals surface area contributed by atoms with E-state index >= 15 is 0 Å². The fourth-order valence-corrected chi connectivity index (χ4v) is 11.4. The highest BCUT2D eigenvalue weighted by molar-refractivity contribution is 5.26. The molecule has 0 aromatic carbocycles. The molecule has 9 nitrogen and oxygen atoms in total. The molecule has 43 heavy (non-hydrogen) atoms. The largest absolute Gasteiger partial charge is 0.394 e. The second-order valence-electron chi connectivity index (χ2n) is 16.2. The molecule has 6 rings (SSSR count). The number of rotatable bonds is 5. The van der Waals surface area contributed by atoms with Crippen LogP contribution in [-0.4, -0.2) is 110 Å². The lowest BCUT2D eigenvalue weighted by atomic mass is 9.46. The standard InChI is InChI=1S/C34H57NO8/c1-18(24-10-11-32(2,41)17-35(24)5)27-25(37)15-23-21-7-6-19-14-20(8-12-33(19,3)22(21)9-13-34(23,27)4)42-31-30(40)29(39)28(38)26(16-36)43-31/h6,18,20-31,36-41H,7-17H2,1-5H3. The summed E-state index contributed by atoms with van der Waals surface area (Å²) in [5.41, 5.74) is 0.956. The van der Waals surface area contributed by atoms with Gasteiger partial charge < -0.3 is 45.0 Å². The third kappa shape index (κ3) is 5.36. The highest BCUT2D eigenvalue weighted by Crippen LogP contribution is 2.67. The molecule has 4 aliphatic carbocycles. The third-order valence-corrected chi connectivity index (χ3v) is 13.7. The monoisotopic (exact) mass is 607 g/mol. The van der Waals surface area contributed by atoms with Crippen LogP contribution in [0.25, 0.3) is 0 Å². The van der Waals surface area contributed by atoms with Crippen LogP contribution in [0.4, 0.5) is 0 Å². The molecule has 2 aliphatic heterocycles. The number of piperidine rings is 1. The molecule has 0 radical (unpaired) electrons. The Labute approximate surface area is 257 Å². The first-order valence-corrected chi connectivity index (χ1v) is 17.0. The molecule has 0 aromatic rings. The lowest BCUT2D eigenvalue weighted by molar-refractivity contribution is -0.313. The van der Waals surface area contributed by atoms with Gasteiger partial charge in [-0.2, -0.15) is 0 Å². The minimum atomic E-state index is -1.43. The molecule has 0 spiro atoms. The van der Waals surface area contributed by atoms with E-state index in [1.165, 1.54) is 5.57 Å². The van der Waals surface area contributed by atoms with Gasteiger partial charge in [-0.05, 0) is 112 Å². The van der Waals surface area contributed by atoms with Gasteiger partial charge in [0.1, 0.15) is 24.4 Å². The first kappa shape index (κ1) is 32.3. The summed E-state index contributed by atoms with van der Waals surface area (Å²) in [6, 6.07) is 0.377. The van der Waals surface area contributed by atoms with Gasteiger partial charge in [-0.3, -0.25) is 0 Å². The lowest BCUT2D eigenvalue weighted by Gasteiger charge is -2.59. The first-order chi connectivity index (χ1) is 20.2. The van der Waals surface area contributed by atoms with Crippen LogP contribution < -0.4 is 0 Å². The fourth-order valence-electron chi connectivity index (χ4n) is 11.4. The molecule has 0 amide bonds. The molecule has 6 aliphatic rings. The zero-order chi connectivity index (χ0) is 31.1. The van der Waals surface area contributed by atoms with Gasteiger partial charge in [0.25, 0.3) is 0 Å². The molecule has 246 valence electrons. The summed E-state index contributed by atoms with van der Waals surface area (Å²) in [6.07, 6.45) is 4.23. The summed E-state index contributed by atoms with van der Waals surface area (Å²) in [7, 11) is 2.14. The van der Waals surface area contributed by atoms with Crippen molar-refractivity contribution in [2.24, 2.45) is 40.4 Å². The van der Waals surface area contributed by atoms with E-state index in [0.717, 1.165) is 57.8 Å². The van der Waals surface area contributed by atoms with Crippen molar-refractivity contribution < 1.29 is 40.1 Å². The molecular weight excluding hydrogens is 550 g/mol. The molecule has 6 N–H and O–H groups in total. The number of aliphatic hydroxyl groups excluding tert-OH is 5. The Bertz CT molecular complexity index is 1050. The second kappa shape index (κ2) is 11.6. The van der Waals surface area contributed by atoms with E-state index < -0.39 is 42.9 Å². The average Bonchev–Trinajstić information content (AvgIpc) is 3.22. The van der Waals surface area contributed by atoms with Gasteiger partial charge >= 0.3 is 0 Å². The van der Waals surface area contributed by atoms with E-state index in [0.29, 0.717) is 36.3 Å². The van der Waals surface area contributed by atoms with E-state index in [2.05, 4.69) is 38.8 Å². The summed E-state index contributed by atoms with van der Waals surface area (Å²) in [4.78, 5) is 2.34. The van der Waals surface area contributed by atoms with Crippen molar-refractivity contribution in [3.05, 3.63) is 11.6 Å². The third-order valence-electron chi connectivity index (χ3n) is 13.7. The lowest BCUT2D eigenvalue weighted by Crippen LogP contribution is -2.60. The Hall–Kier alpha value is -0.620. The minimum Gasteiger partial charge on any atom is -0.394 e. The summed E-state index contributed by atoms with van der Waals surface area (Å²) < 4.78 is 11.8. The van der Waals surface area contributed by atoms with Crippen molar-refractivity contribution in [1.29, 1.82) is 0 Å². The molecule has 2 saturated heterocycles. The van der Waals surface area contributed by atoms with E-state index in [1.54, 1.807) is 0 Å². The predicted octanol–water partition coefficient (Wildman–Crippen LogP) is 2.20. The van der Waals surface area contributed by atoms with Crippen molar-refractivity contribution in [2.45, 2.75) is 140 Å². The molecule has 5 fully saturated rings. The number of likely N-dealkylation sites (tertiary alicyclic amines) is 1. The van der Waals surface area contributed by atoms with E-state index in [4.69, 9.17) is 9.47 Å². The van der Waals surface area contributed by atoms with Crippen molar-refractivity contribution >= 4 is 0 Å². The maximum absolute atomic E-state index is 11.7. The number of likely N-dealkylation sites (N-methyl/N-ethyl adjacent to an activating group) is 1. The molecule has 16 unspecified atom stereocenters. The normalized spacial score (nSPS) is 54.7. The SMILES string of the molecule is CC(C1CCC(C)(O)CN1C)C1C(O)CC2C3CC=C4CC(OC5OC(CO)C(O)C(O)C5O)CCC4(C)C3CCC21C. The van der Waals surface area contributed by atoms with Crippen molar-refractivity contribution in [2.75, 3.05) is 20.2 Å². The maximum atomic E-state index is 11.7. The van der Waals surface area contributed by atoms with Crippen LogP contribution >= 0.6 is 0 Å². The quantitative estimate of drug-likeness (QED) is 0.259. The number of β-amino-alcohol motifs (C(OH)–C–C–N with tert-alkyl or cyclic N) is 1. The molecule has 0 bridgehead atoms. The second-order valence-corrected chi connectivity index (χ2v) is 16.2. The van der Waals surface area contributed by atoms with Crippen molar-refractivity contribution in [1.82, 2.24) is 4.90 Å². The Morgan fingerprint density at radius 2 is 1.74 bits per heavy atom. The maximum Gasteiger partial charge on any atom is 0.186 e. The van der Waals surface area contributed by atoms with E-state index in [1.807, 2.05) is 6.92 Å². The van der Waals surface area contributed by atoms with Gasteiger partial charge in [0.05, 0.1) is 24.4 Å². The van der Waals surface area contributed by atoms with Crippen LogP contribution in [0.15, 0.2) is 11.6 Å². The topological polar surface area (TPSA) is 143 Å². The van der Waals surface area contributed by atoms with Gasteiger partial charge in [-0.15, -0.1) is 0 Å². The molecular formula is C34H57NO8. The number of nitrogens with zero attached hydrogens (tertiary/aromatic N) is 1. The zero-order valence-electron chi connectivity index (χ0n) is 26.8. The van der Waals surface area contributed by atoms with Crippen molar-refractivity contribution in [3.63, 3.8) is 0 Å². The number of hydrogen-bond donors (Lipinski definition) is 6. The van der Waals surface area contributed by atoms with Crippen LogP contribution in [0, 0.1) is 40.4 Å². The summed E-state index contributed by atoms with van der Waals surface area (Å²) in [6.45, 7) is 9.41. The van der Waals surface area contributed by atoms with Crippen LogP contribution in [0.1, 0.15) is 85.5 Å². The number of fused-ring (bicyclic) bond motifs is 5. The summed E-state index contributed by atoms with van der Waals surface area (Å²) >= 11 is 0. The Kier molecular flexibility index (Phi) is 8.69. The Morgan fingerprint density at radius 3 is 2.44 bits per heavy atom. The van der Waals surface area contributed by atoms with Gasteiger partial charge in [-0.1, -0.05) is 32.4 Å². The molecule has 16 atom stereocenters.